The predicted octanol–water partition coefficient (Wildman–Crippen LogP) is 6.01. The lowest BCUT2D eigenvalue weighted by Crippen LogP contribution is -2.53. The fourth-order valence-corrected chi connectivity index (χ4v) is 5.93. The number of benzene rings is 1. The molecule has 1 aromatic carbocycles. The molecule has 1 aromatic rings. The van der Waals surface area contributed by atoms with Crippen molar-refractivity contribution in [1.29, 1.82) is 0 Å². The van der Waals surface area contributed by atoms with Crippen molar-refractivity contribution in [3.05, 3.63) is 28.8 Å². The predicted molar refractivity (Wildman–Crippen MR) is 107 cm³/mol. The van der Waals surface area contributed by atoms with E-state index in [9.17, 15) is 4.79 Å². The van der Waals surface area contributed by atoms with Crippen LogP contribution in [0, 0.1) is 22.2 Å². The number of carbonyl (C=O) groups excluding carboxylic acids is 1. The average molecular weight is 378 g/mol. The lowest BCUT2D eigenvalue weighted by atomic mass is 9.57. The summed E-state index contributed by atoms with van der Waals surface area (Å²) in [5, 5.41) is 3.82. The number of hydrogen-bond donors (Lipinski definition) is 1. The molecule has 0 spiro atoms. The second kappa shape index (κ2) is 5.97. The highest BCUT2D eigenvalue weighted by atomic mass is 35.5. The van der Waals surface area contributed by atoms with E-state index in [0.29, 0.717) is 10.9 Å². The number of ether oxygens (including phenoxy) is 1. The largest absolute Gasteiger partial charge is 0.372 e. The first-order valence-corrected chi connectivity index (χ1v) is 9.93. The number of hydrogen-bond acceptors (Lipinski definition) is 2. The van der Waals surface area contributed by atoms with Gasteiger partial charge in [0.1, 0.15) is 5.60 Å². The number of rotatable bonds is 3. The molecule has 26 heavy (non-hydrogen) atoms. The molecule has 3 atom stereocenters. The van der Waals surface area contributed by atoms with Crippen molar-refractivity contribution in [2.24, 2.45) is 22.2 Å². The lowest BCUT2D eigenvalue weighted by molar-refractivity contribution is -0.174. The van der Waals surface area contributed by atoms with Crippen molar-refractivity contribution in [1.82, 2.24) is 0 Å². The van der Waals surface area contributed by atoms with E-state index in [2.05, 4.69) is 26.1 Å². The van der Waals surface area contributed by atoms with Gasteiger partial charge >= 0.3 is 0 Å². The van der Waals surface area contributed by atoms with E-state index >= 15 is 0 Å². The molecule has 2 aliphatic carbocycles. The van der Waals surface area contributed by atoms with Gasteiger partial charge in [-0.2, -0.15) is 0 Å². The minimum Gasteiger partial charge on any atom is -0.372 e. The smallest absolute Gasteiger partial charge is 0.229 e. The SMILES string of the molecule is CO[C@]1(c2cc(Cl)ccc2NC(=O)C(C)(C)C)C(C)(C)[C@@H]2CC[C@@]1(C)C2. The van der Waals surface area contributed by atoms with Crippen molar-refractivity contribution < 1.29 is 9.53 Å². The first-order valence-electron chi connectivity index (χ1n) is 9.56. The molecular weight excluding hydrogens is 346 g/mol. The van der Waals surface area contributed by atoms with Gasteiger partial charge in [-0.1, -0.05) is 53.1 Å². The van der Waals surface area contributed by atoms with Gasteiger partial charge in [-0.15, -0.1) is 0 Å². The van der Waals surface area contributed by atoms with Gasteiger partial charge in [0, 0.05) is 39.6 Å². The molecule has 0 saturated heterocycles. The summed E-state index contributed by atoms with van der Waals surface area (Å²) in [7, 11) is 1.81. The van der Waals surface area contributed by atoms with Crippen molar-refractivity contribution in [2.45, 2.75) is 66.4 Å². The molecule has 3 rings (SSSR count). The van der Waals surface area contributed by atoms with Crippen LogP contribution in [0.1, 0.15) is 66.4 Å². The van der Waals surface area contributed by atoms with Crippen LogP contribution >= 0.6 is 11.6 Å². The number of methoxy groups -OCH3 is 1. The summed E-state index contributed by atoms with van der Waals surface area (Å²) in [6, 6.07) is 5.76. The van der Waals surface area contributed by atoms with E-state index in [4.69, 9.17) is 16.3 Å². The standard InChI is InChI=1S/C22H32ClNO2/c1-19(2,3)18(25)24-17-9-8-15(23)12-16(17)22(26-7)20(4,5)14-10-11-21(22,6)13-14/h8-9,12,14H,10-11,13H2,1-7H3,(H,24,25)/t14-,21+,22-/m1/s1. The Morgan fingerprint density at radius 3 is 2.42 bits per heavy atom. The van der Waals surface area contributed by atoms with Crippen LogP contribution in [-0.4, -0.2) is 13.0 Å². The Balaban J connectivity index is 2.19. The molecule has 2 bridgehead atoms. The molecule has 3 nitrogen and oxygen atoms in total. The minimum absolute atomic E-state index is 0.00144. The quantitative estimate of drug-likeness (QED) is 0.700. The third-order valence-corrected chi connectivity index (χ3v) is 7.35. The van der Waals surface area contributed by atoms with E-state index in [1.54, 1.807) is 0 Å². The molecule has 1 amide bonds. The Hall–Kier alpha value is -1.06. The number of anilines is 1. The summed E-state index contributed by atoms with van der Waals surface area (Å²) in [5.41, 5.74) is 0.875. The van der Waals surface area contributed by atoms with Gasteiger partial charge in [-0.25, -0.2) is 0 Å². The molecular formula is C22H32ClNO2. The number of amides is 1. The Bertz CT molecular complexity index is 729. The molecule has 2 aliphatic rings. The topological polar surface area (TPSA) is 38.3 Å². The number of carbonyl (C=O) groups is 1. The summed E-state index contributed by atoms with van der Waals surface area (Å²) in [5.74, 6) is 0.607. The van der Waals surface area contributed by atoms with Gasteiger partial charge < -0.3 is 10.1 Å². The molecule has 0 radical (unpaired) electrons. The molecule has 0 aromatic heterocycles. The Morgan fingerprint density at radius 2 is 1.92 bits per heavy atom. The molecule has 2 fully saturated rings. The fourth-order valence-electron chi connectivity index (χ4n) is 5.76. The number of halogens is 1. The summed E-state index contributed by atoms with van der Waals surface area (Å²) in [6.45, 7) is 12.7. The van der Waals surface area contributed by atoms with Gasteiger partial charge in [0.2, 0.25) is 5.91 Å². The van der Waals surface area contributed by atoms with Crippen molar-refractivity contribution in [3.63, 3.8) is 0 Å². The van der Waals surface area contributed by atoms with Crippen molar-refractivity contribution in [3.8, 4) is 0 Å². The molecule has 0 heterocycles. The fraction of sp³-hybridized carbons (Fsp3) is 0.682. The summed E-state index contributed by atoms with van der Waals surface area (Å²) < 4.78 is 6.39. The molecule has 144 valence electrons. The third kappa shape index (κ3) is 2.54. The van der Waals surface area contributed by atoms with E-state index in [1.165, 1.54) is 6.42 Å². The average Bonchev–Trinajstić information content (AvgIpc) is 2.99. The first-order chi connectivity index (χ1) is 11.9. The highest BCUT2D eigenvalue weighted by molar-refractivity contribution is 6.30. The van der Waals surface area contributed by atoms with Gasteiger partial charge in [-0.05, 0) is 43.4 Å². The van der Waals surface area contributed by atoms with Gasteiger partial charge in [-0.3, -0.25) is 4.79 Å². The zero-order chi connectivity index (χ0) is 19.5. The lowest BCUT2D eigenvalue weighted by Gasteiger charge is -2.54. The maximum Gasteiger partial charge on any atom is 0.229 e. The normalized spacial score (nSPS) is 32.7. The molecule has 0 aliphatic heterocycles. The van der Waals surface area contributed by atoms with E-state index in [0.717, 1.165) is 24.1 Å². The molecule has 4 heteroatoms. The first kappa shape index (κ1) is 19.7. The van der Waals surface area contributed by atoms with E-state index in [1.807, 2.05) is 46.1 Å². The highest BCUT2D eigenvalue weighted by Crippen LogP contribution is 2.73. The van der Waals surface area contributed by atoms with Gasteiger partial charge in [0.05, 0.1) is 0 Å². The van der Waals surface area contributed by atoms with Crippen LogP contribution in [0.4, 0.5) is 5.69 Å². The maximum absolute atomic E-state index is 12.7. The Morgan fingerprint density at radius 1 is 1.27 bits per heavy atom. The minimum atomic E-state index is -0.478. The summed E-state index contributed by atoms with van der Waals surface area (Å²) in [4.78, 5) is 12.7. The Labute approximate surface area is 162 Å². The van der Waals surface area contributed by atoms with E-state index in [-0.39, 0.29) is 16.7 Å². The maximum atomic E-state index is 12.7. The van der Waals surface area contributed by atoms with Crippen LogP contribution in [0.3, 0.4) is 0 Å². The van der Waals surface area contributed by atoms with Crippen molar-refractivity contribution in [2.75, 3.05) is 12.4 Å². The third-order valence-electron chi connectivity index (χ3n) is 7.12. The van der Waals surface area contributed by atoms with Gasteiger partial charge in [0.15, 0.2) is 0 Å². The highest BCUT2D eigenvalue weighted by Gasteiger charge is 2.70. The van der Waals surface area contributed by atoms with Crippen molar-refractivity contribution >= 4 is 23.2 Å². The zero-order valence-corrected chi connectivity index (χ0v) is 17.9. The Kier molecular flexibility index (Phi) is 4.52. The molecule has 2 saturated carbocycles. The van der Waals surface area contributed by atoms with Crippen LogP contribution in [0.5, 0.6) is 0 Å². The number of nitrogens with one attached hydrogen (secondary N) is 1. The second-order valence-electron chi connectivity index (χ2n) is 10.0. The number of fused-ring (bicyclic) bond motifs is 2. The van der Waals surface area contributed by atoms with Crippen LogP contribution < -0.4 is 5.32 Å². The van der Waals surface area contributed by atoms with E-state index < -0.39 is 11.0 Å². The van der Waals surface area contributed by atoms with Crippen LogP contribution in [0.25, 0.3) is 0 Å². The molecule has 0 unspecified atom stereocenters. The summed E-state index contributed by atoms with van der Waals surface area (Å²) in [6.07, 6.45) is 3.51. The van der Waals surface area contributed by atoms with Crippen LogP contribution in [0.15, 0.2) is 18.2 Å². The zero-order valence-electron chi connectivity index (χ0n) is 17.1. The summed E-state index contributed by atoms with van der Waals surface area (Å²) >= 11 is 6.41. The monoisotopic (exact) mass is 377 g/mol. The van der Waals surface area contributed by atoms with Crippen LogP contribution in [0.2, 0.25) is 5.02 Å². The van der Waals surface area contributed by atoms with Gasteiger partial charge in [0.25, 0.3) is 0 Å². The molecule has 1 N–H and O–H groups in total. The second-order valence-corrected chi connectivity index (χ2v) is 10.4. The van der Waals surface area contributed by atoms with Crippen LogP contribution in [-0.2, 0) is 15.1 Å².